The Kier molecular flexibility index (Phi) is 5.31. The van der Waals surface area contributed by atoms with E-state index in [0.29, 0.717) is 15.9 Å². The zero-order chi connectivity index (χ0) is 14.6. The molecule has 0 aromatic heterocycles. The van der Waals surface area contributed by atoms with Crippen LogP contribution in [0.3, 0.4) is 0 Å². The van der Waals surface area contributed by atoms with Crippen molar-refractivity contribution in [2.24, 2.45) is 0 Å². The van der Waals surface area contributed by atoms with Crippen molar-refractivity contribution in [1.82, 2.24) is 5.32 Å². The summed E-state index contributed by atoms with van der Waals surface area (Å²) in [7, 11) is 4.48. The molecule has 0 fully saturated rings. The second-order valence-corrected chi connectivity index (χ2v) is 4.63. The summed E-state index contributed by atoms with van der Waals surface area (Å²) in [4.78, 5) is 24.2. The van der Waals surface area contributed by atoms with Crippen molar-refractivity contribution in [2.45, 2.75) is 6.04 Å². The third-order valence-corrected chi connectivity index (χ3v) is 3.26. The van der Waals surface area contributed by atoms with Gasteiger partial charge in [0.05, 0.1) is 11.6 Å². The maximum absolute atomic E-state index is 12.0. The minimum atomic E-state index is -1.27. The summed E-state index contributed by atoms with van der Waals surface area (Å²) in [5.41, 5.74) is 0.569. The molecular formula is C12H15BrN2O4. The normalized spacial score (nSPS) is 11.8. The van der Waals surface area contributed by atoms with Crippen LogP contribution in [-0.4, -0.2) is 44.2 Å². The van der Waals surface area contributed by atoms with Crippen molar-refractivity contribution in [2.75, 3.05) is 26.1 Å². The fourth-order valence-electron chi connectivity index (χ4n) is 1.54. The monoisotopic (exact) mass is 330 g/mol. The number of halogens is 1. The predicted octanol–water partition coefficient (Wildman–Crippen LogP) is 1.09. The minimum absolute atomic E-state index is 0.549. The number of hydrogen-bond donors (Lipinski definition) is 2. The number of nitrogens with zero attached hydrogens (tertiary/aromatic N) is 1. The molecule has 0 saturated heterocycles. The molecule has 1 rings (SSSR count). The topological polar surface area (TPSA) is 78.9 Å². The van der Waals surface area contributed by atoms with E-state index in [1.807, 2.05) is 0 Å². The maximum Gasteiger partial charge on any atom is 0.330 e. The number of carboxylic acid groups (broad SMARTS) is 1. The molecule has 0 aliphatic heterocycles. The number of amides is 1. The number of rotatable bonds is 5. The minimum Gasteiger partial charge on any atom is -0.496 e. The van der Waals surface area contributed by atoms with E-state index in [1.165, 1.54) is 26.1 Å². The first-order chi connectivity index (χ1) is 8.92. The average molecular weight is 331 g/mol. The second kappa shape index (κ2) is 6.53. The van der Waals surface area contributed by atoms with Crippen LogP contribution in [0.1, 0.15) is 0 Å². The summed E-state index contributed by atoms with van der Waals surface area (Å²) in [6, 6.07) is 3.78. The van der Waals surface area contributed by atoms with Crippen LogP contribution in [0.15, 0.2) is 22.7 Å². The summed E-state index contributed by atoms with van der Waals surface area (Å²) < 4.78 is 5.77. The molecule has 0 spiro atoms. The smallest absolute Gasteiger partial charge is 0.330 e. The fourth-order valence-corrected chi connectivity index (χ4v) is 2.07. The largest absolute Gasteiger partial charge is 0.496 e. The number of likely N-dealkylation sites (N-methyl/N-ethyl adjacent to an activating group) is 2. The van der Waals surface area contributed by atoms with E-state index >= 15 is 0 Å². The number of benzene rings is 1. The first kappa shape index (κ1) is 15.5. The number of anilines is 1. The average Bonchev–Trinajstić information content (AvgIpc) is 2.37. The number of aliphatic carboxylic acids is 1. The van der Waals surface area contributed by atoms with Crippen molar-refractivity contribution < 1.29 is 19.4 Å². The summed E-state index contributed by atoms with van der Waals surface area (Å²) in [6.07, 6.45) is 0. The Morgan fingerprint density at radius 2 is 2.11 bits per heavy atom. The fraction of sp³-hybridized carbons (Fsp3) is 0.333. The van der Waals surface area contributed by atoms with Crippen molar-refractivity contribution in [3.05, 3.63) is 22.7 Å². The molecule has 104 valence electrons. The lowest BCUT2D eigenvalue weighted by molar-refractivity contribution is -0.143. The number of carboxylic acids is 1. The molecule has 1 aromatic carbocycles. The van der Waals surface area contributed by atoms with Gasteiger partial charge < -0.3 is 14.7 Å². The quantitative estimate of drug-likeness (QED) is 0.790. The molecule has 1 amide bonds. The van der Waals surface area contributed by atoms with Gasteiger partial charge in [0, 0.05) is 12.7 Å². The highest BCUT2D eigenvalue weighted by Gasteiger charge is 2.28. The predicted molar refractivity (Wildman–Crippen MR) is 74.6 cm³/mol. The van der Waals surface area contributed by atoms with Gasteiger partial charge in [-0.05, 0) is 41.2 Å². The van der Waals surface area contributed by atoms with Crippen LogP contribution in [0.2, 0.25) is 0 Å². The number of carbonyl (C=O) groups excluding carboxylic acids is 1. The van der Waals surface area contributed by atoms with E-state index in [0.717, 1.165) is 0 Å². The lowest BCUT2D eigenvalue weighted by atomic mass is 10.2. The molecule has 19 heavy (non-hydrogen) atoms. The van der Waals surface area contributed by atoms with E-state index in [-0.39, 0.29) is 0 Å². The Bertz CT molecular complexity index is 493. The van der Waals surface area contributed by atoms with Crippen molar-refractivity contribution in [3.63, 3.8) is 0 Å². The Labute approximate surface area is 119 Å². The van der Waals surface area contributed by atoms with Crippen LogP contribution in [-0.2, 0) is 9.59 Å². The van der Waals surface area contributed by atoms with Gasteiger partial charge in [-0.2, -0.15) is 0 Å². The Hall–Kier alpha value is -1.60. The van der Waals surface area contributed by atoms with Gasteiger partial charge in [0.1, 0.15) is 5.75 Å². The standard InChI is InChI=1S/C12H15BrN2O4/c1-14-10(12(17)18)11(16)15(2)7-4-5-9(19-3)8(13)6-7/h4-6,10,14H,1-3H3,(H,17,18). The van der Waals surface area contributed by atoms with Gasteiger partial charge in [-0.15, -0.1) is 0 Å². The third-order valence-electron chi connectivity index (χ3n) is 2.64. The third kappa shape index (κ3) is 3.45. The SMILES string of the molecule is CNC(C(=O)O)C(=O)N(C)c1ccc(OC)c(Br)c1. The summed E-state index contributed by atoms with van der Waals surface area (Å²) in [6.45, 7) is 0. The number of carbonyl (C=O) groups is 2. The molecule has 1 atom stereocenters. The molecule has 1 unspecified atom stereocenters. The second-order valence-electron chi connectivity index (χ2n) is 3.78. The highest BCUT2D eigenvalue weighted by molar-refractivity contribution is 9.10. The highest BCUT2D eigenvalue weighted by atomic mass is 79.9. The van der Waals surface area contributed by atoms with E-state index in [9.17, 15) is 9.59 Å². The molecule has 7 heteroatoms. The number of hydrogen-bond acceptors (Lipinski definition) is 4. The maximum atomic E-state index is 12.0. The molecular weight excluding hydrogens is 316 g/mol. The van der Waals surface area contributed by atoms with Crippen molar-refractivity contribution >= 4 is 33.5 Å². The lowest BCUT2D eigenvalue weighted by Gasteiger charge is -2.21. The Balaban J connectivity index is 2.99. The van der Waals surface area contributed by atoms with E-state index in [4.69, 9.17) is 9.84 Å². The van der Waals surface area contributed by atoms with Gasteiger partial charge in [0.2, 0.25) is 0 Å². The first-order valence-corrected chi connectivity index (χ1v) is 6.22. The van der Waals surface area contributed by atoms with Gasteiger partial charge in [0.25, 0.3) is 5.91 Å². The number of methoxy groups -OCH3 is 1. The van der Waals surface area contributed by atoms with Gasteiger partial charge >= 0.3 is 5.97 Å². The molecule has 0 radical (unpaired) electrons. The Morgan fingerprint density at radius 1 is 1.47 bits per heavy atom. The Morgan fingerprint density at radius 3 is 2.53 bits per heavy atom. The molecule has 1 aromatic rings. The van der Waals surface area contributed by atoms with E-state index in [2.05, 4.69) is 21.2 Å². The van der Waals surface area contributed by atoms with Gasteiger partial charge in [-0.3, -0.25) is 10.1 Å². The van der Waals surface area contributed by atoms with Crippen LogP contribution >= 0.6 is 15.9 Å². The summed E-state index contributed by atoms with van der Waals surface area (Å²) >= 11 is 3.31. The van der Waals surface area contributed by atoms with E-state index in [1.54, 1.807) is 18.2 Å². The molecule has 6 nitrogen and oxygen atoms in total. The molecule has 0 bridgehead atoms. The zero-order valence-corrected chi connectivity index (χ0v) is 12.4. The van der Waals surface area contributed by atoms with Gasteiger partial charge in [0.15, 0.2) is 6.04 Å². The summed E-state index contributed by atoms with van der Waals surface area (Å²) in [5, 5.41) is 11.4. The van der Waals surface area contributed by atoms with Crippen LogP contribution in [0.25, 0.3) is 0 Å². The van der Waals surface area contributed by atoms with Crippen molar-refractivity contribution in [3.8, 4) is 5.75 Å². The highest BCUT2D eigenvalue weighted by Crippen LogP contribution is 2.29. The van der Waals surface area contributed by atoms with Crippen LogP contribution in [0, 0.1) is 0 Å². The molecule has 2 N–H and O–H groups in total. The molecule has 0 saturated carbocycles. The first-order valence-electron chi connectivity index (χ1n) is 5.43. The molecule has 0 heterocycles. The van der Waals surface area contributed by atoms with Gasteiger partial charge in [-0.25, -0.2) is 4.79 Å². The van der Waals surface area contributed by atoms with Crippen LogP contribution in [0.5, 0.6) is 5.75 Å². The van der Waals surface area contributed by atoms with Crippen LogP contribution < -0.4 is 15.0 Å². The number of ether oxygens (including phenoxy) is 1. The zero-order valence-electron chi connectivity index (χ0n) is 10.8. The molecule has 0 aliphatic rings. The van der Waals surface area contributed by atoms with Crippen molar-refractivity contribution in [1.29, 1.82) is 0 Å². The molecule has 0 aliphatic carbocycles. The van der Waals surface area contributed by atoms with E-state index < -0.39 is 17.9 Å². The number of nitrogens with one attached hydrogen (secondary N) is 1. The van der Waals surface area contributed by atoms with Crippen LogP contribution in [0.4, 0.5) is 5.69 Å². The lowest BCUT2D eigenvalue weighted by Crippen LogP contribution is -2.48. The summed E-state index contributed by atoms with van der Waals surface area (Å²) in [5.74, 6) is -1.13. The van der Waals surface area contributed by atoms with Gasteiger partial charge in [-0.1, -0.05) is 0 Å².